The van der Waals surface area contributed by atoms with Crippen LogP contribution in [0.5, 0.6) is 5.75 Å². The van der Waals surface area contributed by atoms with Crippen molar-refractivity contribution in [3.8, 4) is 16.9 Å². The Morgan fingerprint density at radius 3 is 2.24 bits per heavy atom. The third-order valence-corrected chi connectivity index (χ3v) is 7.04. The van der Waals surface area contributed by atoms with Crippen LogP contribution >= 0.6 is 11.3 Å². The zero-order chi connectivity index (χ0) is 24.0. The Kier molecular flexibility index (Phi) is 5.75. The van der Waals surface area contributed by atoms with E-state index in [0.29, 0.717) is 45.2 Å². The maximum absolute atomic E-state index is 14.9. The van der Waals surface area contributed by atoms with Crippen LogP contribution in [0.3, 0.4) is 0 Å². The number of benzene rings is 3. The van der Waals surface area contributed by atoms with Crippen LogP contribution < -0.4 is 4.74 Å². The minimum Gasteiger partial charge on any atom is -0.427 e. The lowest BCUT2D eigenvalue weighted by molar-refractivity contribution is -0.185. The molecule has 0 saturated heterocycles. The Bertz CT molecular complexity index is 1360. The topological polar surface area (TPSA) is 22.1 Å². The molecule has 1 fully saturated rings. The smallest absolute Gasteiger partial charge is 0.427 e. The van der Waals surface area contributed by atoms with Crippen molar-refractivity contribution in [3.05, 3.63) is 82.4 Å². The molecule has 176 valence electrons. The Balaban J connectivity index is 1.43. The second-order valence-electron chi connectivity index (χ2n) is 8.24. The van der Waals surface area contributed by atoms with Crippen molar-refractivity contribution >= 4 is 21.6 Å². The number of ether oxygens (including phenoxy) is 1. The summed E-state index contributed by atoms with van der Waals surface area (Å²) in [5, 5.41) is -0.762. The van der Waals surface area contributed by atoms with Gasteiger partial charge in [-0.2, -0.15) is 8.78 Å². The molecular weight excluding hydrogens is 476 g/mol. The fourth-order valence-electron chi connectivity index (χ4n) is 4.28. The van der Waals surface area contributed by atoms with Crippen LogP contribution in [0, 0.1) is 23.3 Å². The maximum atomic E-state index is 14.9. The SMILES string of the molecule is Fc1cc(C2CCCC2)ccc1-c1ccc2nc(C(F)(F)Oc3cc(F)c(F)c(F)c3)sc2c1. The lowest BCUT2D eigenvalue weighted by Crippen LogP contribution is -2.21. The highest BCUT2D eigenvalue weighted by molar-refractivity contribution is 7.18. The molecular formula is C25H17F6NOS. The van der Waals surface area contributed by atoms with Crippen molar-refractivity contribution in [3.63, 3.8) is 0 Å². The molecule has 1 aliphatic rings. The second kappa shape index (κ2) is 8.61. The van der Waals surface area contributed by atoms with Gasteiger partial charge in [0.05, 0.1) is 10.2 Å². The quantitative estimate of drug-likeness (QED) is 0.206. The first-order valence-electron chi connectivity index (χ1n) is 10.6. The molecule has 0 atom stereocenters. The number of fused-ring (bicyclic) bond motifs is 1. The molecule has 0 amide bonds. The number of alkyl halides is 2. The lowest BCUT2D eigenvalue weighted by Gasteiger charge is -2.15. The van der Waals surface area contributed by atoms with Crippen LogP contribution in [0.1, 0.15) is 42.2 Å². The average Bonchev–Trinajstić information content (AvgIpc) is 3.47. The molecule has 0 aliphatic heterocycles. The summed E-state index contributed by atoms with van der Waals surface area (Å²) in [6.07, 6.45) is 0.327. The van der Waals surface area contributed by atoms with Crippen LogP contribution in [-0.4, -0.2) is 4.98 Å². The third-order valence-electron chi connectivity index (χ3n) is 5.97. The van der Waals surface area contributed by atoms with Gasteiger partial charge in [-0.05, 0) is 48.1 Å². The molecule has 1 heterocycles. The minimum absolute atomic E-state index is 0.228. The van der Waals surface area contributed by atoms with Gasteiger partial charge in [-0.3, -0.25) is 0 Å². The first-order valence-corrected chi connectivity index (χ1v) is 11.5. The number of nitrogens with zero attached hydrogens (tertiary/aromatic N) is 1. The Hall–Kier alpha value is -3.07. The second-order valence-corrected chi connectivity index (χ2v) is 9.27. The van der Waals surface area contributed by atoms with E-state index in [1.807, 2.05) is 6.07 Å². The van der Waals surface area contributed by atoms with Crippen molar-refractivity contribution in [2.75, 3.05) is 0 Å². The van der Waals surface area contributed by atoms with Crippen molar-refractivity contribution in [1.82, 2.24) is 4.98 Å². The van der Waals surface area contributed by atoms with E-state index in [1.165, 1.54) is 12.1 Å². The van der Waals surface area contributed by atoms with Crippen LogP contribution in [-0.2, 0) is 6.11 Å². The number of thiazole rings is 1. The molecule has 34 heavy (non-hydrogen) atoms. The molecule has 0 unspecified atom stereocenters. The van der Waals surface area contributed by atoms with Crippen molar-refractivity contribution < 1.29 is 31.1 Å². The Labute approximate surface area is 194 Å². The van der Waals surface area contributed by atoms with Gasteiger partial charge >= 0.3 is 6.11 Å². The summed E-state index contributed by atoms with van der Waals surface area (Å²) in [7, 11) is 0. The van der Waals surface area contributed by atoms with E-state index >= 15 is 0 Å². The summed E-state index contributed by atoms with van der Waals surface area (Å²) < 4.78 is 88.8. The van der Waals surface area contributed by atoms with E-state index in [4.69, 9.17) is 0 Å². The molecule has 0 radical (unpaired) electrons. The summed E-state index contributed by atoms with van der Waals surface area (Å²) >= 11 is 0.603. The molecule has 5 rings (SSSR count). The van der Waals surface area contributed by atoms with Gasteiger partial charge in [-0.15, -0.1) is 11.3 Å². The molecule has 0 spiro atoms. The third kappa shape index (κ3) is 4.24. The van der Waals surface area contributed by atoms with Gasteiger partial charge in [0.1, 0.15) is 11.6 Å². The van der Waals surface area contributed by atoms with E-state index in [0.717, 1.165) is 31.2 Å². The van der Waals surface area contributed by atoms with Crippen LogP contribution in [0.4, 0.5) is 26.3 Å². The highest BCUT2D eigenvalue weighted by Crippen LogP contribution is 2.39. The summed E-state index contributed by atoms with van der Waals surface area (Å²) in [4.78, 5) is 3.85. The minimum atomic E-state index is -4.03. The summed E-state index contributed by atoms with van der Waals surface area (Å²) in [5.41, 5.74) is 2.04. The van der Waals surface area contributed by atoms with E-state index < -0.39 is 34.3 Å². The normalized spacial score (nSPS) is 14.8. The number of hydrogen-bond acceptors (Lipinski definition) is 3. The van der Waals surface area contributed by atoms with Crippen molar-refractivity contribution in [2.45, 2.75) is 37.7 Å². The van der Waals surface area contributed by atoms with E-state index in [9.17, 15) is 26.3 Å². The fraction of sp³-hybridized carbons (Fsp3) is 0.240. The molecule has 0 N–H and O–H groups in total. The summed E-state index contributed by atoms with van der Waals surface area (Å²) in [5.74, 6) is -6.00. The monoisotopic (exact) mass is 493 g/mol. The van der Waals surface area contributed by atoms with Gasteiger partial charge in [0.2, 0.25) is 5.01 Å². The number of aromatic nitrogens is 1. The van der Waals surface area contributed by atoms with Gasteiger partial charge in [0.25, 0.3) is 0 Å². The highest BCUT2D eigenvalue weighted by Gasteiger charge is 2.39. The summed E-state index contributed by atoms with van der Waals surface area (Å²) in [6.45, 7) is 0. The highest BCUT2D eigenvalue weighted by atomic mass is 32.1. The predicted octanol–water partition coefficient (Wildman–Crippen LogP) is 8.31. The standard InChI is InChI=1S/C25H17F6NOS/c26-18-9-14(13-3-1-2-4-13)5-7-17(18)15-6-8-21-22(10-15)34-24(32-21)25(30,31)33-16-11-19(27)23(29)20(28)12-16/h5-13H,1-4H2. The van der Waals surface area contributed by atoms with Crippen LogP contribution in [0.25, 0.3) is 21.3 Å². The first-order chi connectivity index (χ1) is 16.2. The average molecular weight is 493 g/mol. The zero-order valence-corrected chi connectivity index (χ0v) is 18.4. The number of hydrogen-bond donors (Lipinski definition) is 0. The molecule has 2 nitrogen and oxygen atoms in total. The molecule has 1 saturated carbocycles. The van der Waals surface area contributed by atoms with E-state index in [-0.39, 0.29) is 11.3 Å². The zero-order valence-electron chi connectivity index (χ0n) is 17.6. The molecule has 0 bridgehead atoms. The lowest BCUT2D eigenvalue weighted by atomic mass is 9.94. The molecule has 1 aliphatic carbocycles. The predicted molar refractivity (Wildman–Crippen MR) is 117 cm³/mol. The molecule has 4 aromatic rings. The number of rotatable bonds is 5. The van der Waals surface area contributed by atoms with E-state index in [1.54, 1.807) is 18.2 Å². The van der Waals surface area contributed by atoms with Crippen molar-refractivity contribution in [1.29, 1.82) is 0 Å². The van der Waals surface area contributed by atoms with E-state index in [2.05, 4.69) is 9.72 Å². The van der Waals surface area contributed by atoms with Gasteiger partial charge < -0.3 is 4.74 Å². The largest absolute Gasteiger partial charge is 0.454 e. The molecule has 9 heteroatoms. The summed E-state index contributed by atoms with van der Waals surface area (Å²) in [6, 6.07) is 10.4. The first kappa shape index (κ1) is 22.7. The molecule has 1 aromatic heterocycles. The van der Waals surface area contributed by atoms with Gasteiger partial charge in [0.15, 0.2) is 17.5 Å². The van der Waals surface area contributed by atoms with Gasteiger partial charge in [0, 0.05) is 17.7 Å². The van der Waals surface area contributed by atoms with Crippen LogP contribution in [0.2, 0.25) is 0 Å². The Morgan fingerprint density at radius 2 is 1.56 bits per heavy atom. The maximum Gasteiger partial charge on any atom is 0.454 e. The van der Waals surface area contributed by atoms with Gasteiger partial charge in [-0.1, -0.05) is 31.0 Å². The van der Waals surface area contributed by atoms with Crippen molar-refractivity contribution in [2.24, 2.45) is 0 Å². The Morgan fingerprint density at radius 1 is 0.853 bits per heavy atom. The van der Waals surface area contributed by atoms with Gasteiger partial charge in [-0.25, -0.2) is 22.5 Å². The van der Waals surface area contributed by atoms with Crippen LogP contribution in [0.15, 0.2) is 48.5 Å². The number of halogens is 6. The molecule has 3 aromatic carbocycles. The fourth-order valence-corrected chi connectivity index (χ4v) is 5.19.